The molecule has 170 valence electrons. The normalized spacial score (nSPS) is 11.4. The molecule has 0 heterocycles. The quantitative estimate of drug-likeness (QED) is 0.215. The maximum absolute atomic E-state index is 5.46. The van der Waals surface area contributed by atoms with E-state index in [1.807, 2.05) is 0 Å². The van der Waals surface area contributed by atoms with Crippen LogP contribution in [0.25, 0.3) is 0 Å². The van der Waals surface area contributed by atoms with Crippen molar-refractivity contribution in [3.63, 3.8) is 0 Å². The van der Waals surface area contributed by atoms with Crippen molar-refractivity contribution in [2.45, 2.75) is 46.0 Å². The second-order valence-corrected chi connectivity index (χ2v) is 6.35. The molecular formula is C21H44O7. The van der Waals surface area contributed by atoms with E-state index in [0.29, 0.717) is 79.3 Å². The van der Waals surface area contributed by atoms with Gasteiger partial charge in [-0.2, -0.15) is 0 Å². The Bertz CT molecular complexity index is 241. The first-order chi connectivity index (χ1) is 13.9. The Labute approximate surface area is 172 Å². The van der Waals surface area contributed by atoms with Crippen molar-refractivity contribution >= 4 is 0 Å². The summed E-state index contributed by atoms with van der Waals surface area (Å²) in [6.45, 7) is 13.1. The Kier molecular flexibility index (Phi) is 26.5. The Hall–Kier alpha value is -0.280. The average Bonchev–Trinajstić information content (AvgIpc) is 2.71. The molecule has 0 spiro atoms. The summed E-state index contributed by atoms with van der Waals surface area (Å²) in [5.41, 5.74) is 0. The van der Waals surface area contributed by atoms with Crippen LogP contribution in [0.4, 0.5) is 0 Å². The summed E-state index contributed by atoms with van der Waals surface area (Å²) in [7, 11) is 0. The first-order valence-electron chi connectivity index (χ1n) is 11.0. The van der Waals surface area contributed by atoms with Gasteiger partial charge >= 0.3 is 0 Å². The van der Waals surface area contributed by atoms with Crippen LogP contribution in [0.1, 0.15) is 46.0 Å². The van der Waals surface area contributed by atoms with Crippen LogP contribution in [0.2, 0.25) is 0 Å². The molecule has 0 aromatic heterocycles. The molecule has 0 amide bonds. The van der Waals surface area contributed by atoms with Crippen molar-refractivity contribution in [3.8, 4) is 0 Å². The minimum absolute atomic E-state index is 0.565. The lowest BCUT2D eigenvalue weighted by Crippen LogP contribution is -2.14. The number of rotatable bonds is 25. The van der Waals surface area contributed by atoms with Crippen LogP contribution in [-0.2, 0) is 33.2 Å². The molecule has 0 fully saturated rings. The van der Waals surface area contributed by atoms with E-state index in [0.717, 1.165) is 32.5 Å². The van der Waals surface area contributed by atoms with E-state index in [9.17, 15) is 0 Å². The van der Waals surface area contributed by atoms with Crippen LogP contribution in [0.3, 0.4) is 0 Å². The molecule has 0 aromatic carbocycles. The number of hydrogen-bond acceptors (Lipinski definition) is 7. The van der Waals surface area contributed by atoms with Crippen molar-refractivity contribution < 1.29 is 33.2 Å². The van der Waals surface area contributed by atoms with Crippen molar-refractivity contribution in [3.05, 3.63) is 0 Å². The van der Waals surface area contributed by atoms with E-state index in [-0.39, 0.29) is 0 Å². The first kappa shape index (κ1) is 27.7. The van der Waals surface area contributed by atoms with Crippen LogP contribution in [-0.4, -0.2) is 92.5 Å². The van der Waals surface area contributed by atoms with Gasteiger partial charge in [0.15, 0.2) is 0 Å². The summed E-state index contributed by atoms with van der Waals surface area (Å²) in [4.78, 5) is 0. The zero-order valence-corrected chi connectivity index (χ0v) is 18.3. The van der Waals surface area contributed by atoms with Gasteiger partial charge in [-0.05, 0) is 12.8 Å². The summed E-state index contributed by atoms with van der Waals surface area (Å²) in [6, 6.07) is 0. The number of hydrogen-bond donors (Lipinski definition) is 0. The second kappa shape index (κ2) is 26.7. The van der Waals surface area contributed by atoms with Crippen LogP contribution in [0.5, 0.6) is 0 Å². The minimum Gasteiger partial charge on any atom is -0.379 e. The van der Waals surface area contributed by atoms with Gasteiger partial charge in [0.25, 0.3) is 0 Å². The van der Waals surface area contributed by atoms with Gasteiger partial charge in [-0.1, -0.05) is 33.1 Å². The van der Waals surface area contributed by atoms with E-state index in [1.165, 1.54) is 12.8 Å². The second-order valence-electron chi connectivity index (χ2n) is 6.35. The van der Waals surface area contributed by atoms with E-state index in [4.69, 9.17) is 33.2 Å². The fourth-order valence-electron chi connectivity index (χ4n) is 2.12. The maximum Gasteiger partial charge on any atom is 0.0701 e. The van der Waals surface area contributed by atoms with Gasteiger partial charge in [0.05, 0.1) is 79.3 Å². The minimum atomic E-state index is 0.565. The zero-order valence-electron chi connectivity index (χ0n) is 18.3. The third-order valence-corrected chi connectivity index (χ3v) is 3.77. The summed E-state index contributed by atoms with van der Waals surface area (Å²) < 4.78 is 38.0. The molecule has 7 nitrogen and oxygen atoms in total. The SMILES string of the molecule is CCCCCOCCOCCOCCOCCOCCOCCOCCCC. The highest BCUT2D eigenvalue weighted by atomic mass is 16.6. The van der Waals surface area contributed by atoms with Gasteiger partial charge in [-0.25, -0.2) is 0 Å². The molecule has 0 unspecified atom stereocenters. The number of unbranched alkanes of at least 4 members (excludes halogenated alkanes) is 3. The van der Waals surface area contributed by atoms with E-state index < -0.39 is 0 Å². The lowest BCUT2D eigenvalue weighted by molar-refractivity contribution is -0.0206. The highest BCUT2D eigenvalue weighted by Gasteiger charge is 1.94. The molecule has 7 heteroatoms. The summed E-state index contributed by atoms with van der Waals surface area (Å²) in [5, 5.41) is 0. The van der Waals surface area contributed by atoms with Crippen molar-refractivity contribution in [2.75, 3.05) is 92.5 Å². The van der Waals surface area contributed by atoms with Crippen LogP contribution in [0, 0.1) is 0 Å². The maximum atomic E-state index is 5.46. The lowest BCUT2D eigenvalue weighted by Gasteiger charge is -2.08. The highest BCUT2D eigenvalue weighted by molar-refractivity contribution is 4.39. The van der Waals surface area contributed by atoms with E-state index >= 15 is 0 Å². The molecule has 0 aromatic rings. The standard InChI is InChI=1S/C21H44O7/c1-3-5-7-9-23-11-13-25-15-17-27-19-21-28-20-18-26-16-14-24-12-10-22-8-6-4-2/h3-21H2,1-2H3. The molecule has 0 radical (unpaired) electrons. The van der Waals surface area contributed by atoms with Crippen molar-refractivity contribution in [1.82, 2.24) is 0 Å². The van der Waals surface area contributed by atoms with Crippen LogP contribution in [0.15, 0.2) is 0 Å². The van der Waals surface area contributed by atoms with Gasteiger partial charge in [-0.3, -0.25) is 0 Å². The molecule has 0 aliphatic heterocycles. The summed E-state index contributed by atoms with van der Waals surface area (Å²) in [6.07, 6.45) is 5.85. The lowest BCUT2D eigenvalue weighted by atomic mass is 10.3. The Morgan fingerprint density at radius 3 is 0.821 bits per heavy atom. The molecule has 0 rings (SSSR count). The highest BCUT2D eigenvalue weighted by Crippen LogP contribution is 1.94. The monoisotopic (exact) mass is 408 g/mol. The molecule has 0 saturated carbocycles. The van der Waals surface area contributed by atoms with Crippen molar-refractivity contribution in [2.24, 2.45) is 0 Å². The molecule has 0 atom stereocenters. The molecule has 0 N–H and O–H groups in total. The fourth-order valence-corrected chi connectivity index (χ4v) is 2.12. The fraction of sp³-hybridized carbons (Fsp3) is 1.00. The molecule has 28 heavy (non-hydrogen) atoms. The first-order valence-corrected chi connectivity index (χ1v) is 11.0. The third-order valence-electron chi connectivity index (χ3n) is 3.77. The predicted octanol–water partition coefficient (Wildman–Crippen LogP) is 3.09. The van der Waals surface area contributed by atoms with Gasteiger partial charge < -0.3 is 33.2 Å². The number of ether oxygens (including phenoxy) is 7. The van der Waals surface area contributed by atoms with Gasteiger partial charge in [0, 0.05) is 13.2 Å². The Balaban J connectivity index is 2.96. The predicted molar refractivity (Wildman–Crippen MR) is 110 cm³/mol. The molecular weight excluding hydrogens is 364 g/mol. The van der Waals surface area contributed by atoms with Crippen LogP contribution >= 0.6 is 0 Å². The van der Waals surface area contributed by atoms with Gasteiger partial charge in [0.2, 0.25) is 0 Å². The third kappa shape index (κ3) is 25.7. The van der Waals surface area contributed by atoms with Crippen molar-refractivity contribution in [1.29, 1.82) is 0 Å². The average molecular weight is 409 g/mol. The van der Waals surface area contributed by atoms with E-state index in [2.05, 4.69) is 13.8 Å². The molecule has 0 aliphatic rings. The van der Waals surface area contributed by atoms with Gasteiger partial charge in [0.1, 0.15) is 0 Å². The Morgan fingerprint density at radius 1 is 0.286 bits per heavy atom. The van der Waals surface area contributed by atoms with Gasteiger partial charge in [-0.15, -0.1) is 0 Å². The largest absolute Gasteiger partial charge is 0.379 e. The smallest absolute Gasteiger partial charge is 0.0701 e. The zero-order chi connectivity index (χ0) is 20.4. The topological polar surface area (TPSA) is 64.6 Å². The van der Waals surface area contributed by atoms with E-state index in [1.54, 1.807) is 0 Å². The molecule has 0 saturated heterocycles. The Morgan fingerprint density at radius 2 is 0.536 bits per heavy atom. The summed E-state index contributed by atoms with van der Waals surface area (Å²) >= 11 is 0. The summed E-state index contributed by atoms with van der Waals surface area (Å²) in [5.74, 6) is 0. The molecule has 0 aliphatic carbocycles. The van der Waals surface area contributed by atoms with Crippen LogP contribution < -0.4 is 0 Å². The molecule has 0 bridgehead atoms.